The summed E-state index contributed by atoms with van der Waals surface area (Å²) in [5, 5.41) is 5.71. The smallest absolute Gasteiger partial charge is 0.127 e. The van der Waals surface area contributed by atoms with Gasteiger partial charge in [0.25, 0.3) is 0 Å². The summed E-state index contributed by atoms with van der Waals surface area (Å²) in [6.45, 7) is 3.14. The summed E-state index contributed by atoms with van der Waals surface area (Å²) in [4.78, 5) is 13.4. The third-order valence-corrected chi connectivity index (χ3v) is 5.32. The molecule has 0 bridgehead atoms. The molecule has 0 atom stereocenters. The first-order valence-electron chi connectivity index (χ1n) is 9.47. The van der Waals surface area contributed by atoms with Gasteiger partial charge in [0.05, 0.1) is 6.67 Å². The molecule has 1 aliphatic heterocycles. The molecule has 3 N–H and O–H groups in total. The number of nitrogens with two attached hydrogens (primary N) is 1. The van der Waals surface area contributed by atoms with Crippen molar-refractivity contribution in [2.45, 2.75) is 18.9 Å². The van der Waals surface area contributed by atoms with Gasteiger partial charge in [0.15, 0.2) is 0 Å². The average Bonchev–Trinajstić information content (AvgIpc) is 2.70. The van der Waals surface area contributed by atoms with Gasteiger partial charge in [-0.05, 0) is 63.1 Å². The van der Waals surface area contributed by atoms with Crippen LogP contribution in [0.4, 0.5) is 5.82 Å². The number of benzene rings is 1. The van der Waals surface area contributed by atoms with Crippen molar-refractivity contribution in [1.82, 2.24) is 14.8 Å². The monoisotopic (exact) mass is 366 g/mol. The van der Waals surface area contributed by atoms with Crippen molar-refractivity contribution in [3.8, 4) is 0 Å². The third-order valence-electron chi connectivity index (χ3n) is 5.32. The number of aromatic nitrogens is 1. The van der Waals surface area contributed by atoms with Crippen LogP contribution in [0.3, 0.4) is 0 Å². The molecule has 1 fully saturated rings. The van der Waals surface area contributed by atoms with Crippen LogP contribution in [0, 0.1) is 0 Å². The fraction of sp³-hybridized carbons (Fsp3) is 0.429. The first-order valence-corrected chi connectivity index (χ1v) is 9.47. The van der Waals surface area contributed by atoms with E-state index in [1.54, 1.807) is 19.5 Å². The quantitative estimate of drug-likeness (QED) is 0.607. The Morgan fingerprint density at radius 3 is 2.81 bits per heavy atom. The highest BCUT2D eigenvalue weighted by Crippen LogP contribution is 2.22. The predicted octanol–water partition coefficient (Wildman–Crippen LogP) is 2.63. The minimum absolute atomic E-state index is 0.631. The zero-order valence-corrected chi connectivity index (χ0v) is 16.5. The van der Waals surface area contributed by atoms with Crippen LogP contribution in [0.5, 0.6) is 0 Å². The molecule has 2 aromatic rings. The number of nitrogens with zero attached hydrogens (tertiary/aromatic N) is 4. The van der Waals surface area contributed by atoms with Crippen molar-refractivity contribution in [3.05, 3.63) is 42.2 Å². The van der Waals surface area contributed by atoms with Gasteiger partial charge in [-0.15, -0.1) is 0 Å². The number of piperidine rings is 1. The Kier molecular flexibility index (Phi) is 6.42. The van der Waals surface area contributed by atoms with Crippen LogP contribution in [0.25, 0.3) is 16.3 Å². The van der Waals surface area contributed by atoms with Crippen LogP contribution in [-0.4, -0.2) is 67.9 Å². The molecule has 1 aliphatic rings. The highest BCUT2D eigenvalue weighted by molar-refractivity contribution is 6.10. The van der Waals surface area contributed by atoms with E-state index in [2.05, 4.69) is 57.4 Å². The minimum atomic E-state index is 0.631. The Hall–Kier alpha value is -2.44. The fourth-order valence-electron chi connectivity index (χ4n) is 3.54. The Bertz CT molecular complexity index is 821. The summed E-state index contributed by atoms with van der Waals surface area (Å²) in [6, 6.07) is 8.97. The molecule has 144 valence electrons. The first-order chi connectivity index (χ1) is 13.1. The van der Waals surface area contributed by atoms with E-state index in [0.29, 0.717) is 6.04 Å². The molecule has 1 aromatic heterocycles. The van der Waals surface area contributed by atoms with Gasteiger partial charge >= 0.3 is 0 Å². The highest BCUT2D eigenvalue weighted by atomic mass is 15.2. The van der Waals surface area contributed by atoms with Gasteiger partial charge in [-0.1, -0.05) is 12.1 Å². The van der Waals surface area contributed by atoms with Crippen molar-refractivity contribution >= 4 is 28.4 Å². The molecule has 1 aromatic carbocycles. The molecule has 2 heterocycles. The SMILES string of the molecule is CN=CC(=CN)c1ccc2cnc(NCN(C)C3CCN(C)CC3)cc2c1. The van der Waals surface area contributed by atoms with E-state index in [9.17, 15) is 0 Å². The van der Waals surface area contributed by atoms with Crippen LogP contribution in [0.15, 0.2) is 41.7 Å². The lowest BCUT2D eigenvalue weighted by molar-refractivity contribution is 0.151. The van der Waals surface area contributed by atoms with Crippen LogP contribution < -0.4 is 11.1 Å². The molecule has 0 unspecified atom stereocenters. The number of allylic oxidation sites excluding steroid dienone is 1. The Morgan fingerprint density at radius 1 is 1.33 bits per heavy atom. The second-order valence-electron chi connectivity index (χ2n) is 7.27. The number of anilines is 1. The van der Waals surface area contributed by atoms with E-state index in [1.165, 1.54) is 25.9 Å². The maximum atomic E-state index is 5.74. The first kappa shape index (κ1) is 19.3. The number of hydrogen-bond donors (Lipinski definition) is 2. The number of likely N-dealkylation sites (tertiary alicyclic amines) is 1. The van der Waals surface area contributed by atoms with Gasteiger partial charge in [-0.3, -0.25) is 9.89 Å². The van der Waals surface area contributed by atoms with E-state index >= 15 is 0 Å². The van der Waals surface area contributed by atoms with Crippen molar-refractivity contribution in [2.75, 3.05) is 46.2 Å². The molecule has 6 heteroatoms. The van der Waals surface area contributed by atoms with E-state index in [0.717, 1.165) is 34.4 Å². The van der Waals surface area contributed by atoms with Gasteiger partial charge < -0.3 is 16.0 Å². The second-order valence-corrected chi connectivity index (χ2v) is 7.27. The van der Waals surface area contributed by atoms with E-state index in [4.69, 9.17) is 5.73 Å². The largest absolute Gasteiger partial charge is 0.404 e. The van der Waals surface area contributed by atoms with Gasteiger partial charge in [-0.25, -0.2) is 4.98 Å². The topological polar surface area (TPSA) is 69.8 Å². The lowest BCUT2D eigenvalue weighted by Crippen LogP contribution is -2.43. The van der Waals surface area contributed by atoms with Crippen LogP contribution in [0.2, 0.25) is 0 Å². The van der Waals surface area contributed by atoms with Gasteiger partial charge in [-0.2, -0.15) is 0 Å². The minimum Gasteiger partial charge on any atom is -0.404 e. The summed E-state index contributed by atoms with van der Waals surface area (Å²) in [7, 11) is 6.13. The van der Waals surface area contributed by atoms with E-state index in [-0.39, 0.29) is 0 Å². The van der Waals surface area contributed by atoms with Crippen molar-refractivity contribution in [2.24, 2.45) is 10.7 Å². The zero-order chi connectivity index (χ0) is 19.2. The van der Waals surface area contributed by atoms with Crippen molar-refractivity contribution in [3.63, 3.8) is 0 Å². The number of rotatable bonds is 6. The molecule has 27 heavy (non-hydrogen) atoms. The van der Waals surface area contributed by atoms with Crippen LogP contribution in [-0.2, 0) is 0 Å². The summed E-state index contributed by atoms with van der Waals surface area (Å²) < 4.78 is 0. The predicted molar refractivity (Wildman–Crippen MR) is 115 cm³/mol. The van der Waals surface area contributed by atoms with Crippen molar-refractivity contribution < 1.29 is 0 Å². The standard InChI is InChI=1S/C21H30N6/c1-23-13-19(12-22)16-4-5-17-14-24-21(11-18(17)10-16)25-15-27(3)20-6-8-26(2)9-7-20/h4-5,10-14,20H,6-9,15,22H2,1-3H3,(H,24,25). The molecule has 3 rings (SSSR count). The summed E-state index contributed by atoms with van der Waals surface area (Å²) in [5.41, 5.74) is 7.70. The van der Waals surface area contributed by atoms with Gasteiger partial charge in [0.1, 0.15) is 5.82 Å². The van der Waals surface area contributed by atoms with Gasteiger partial charge in [0, 0.05) is 42.7 Å². The van der Waals surface area contributed by atoms with Crippen molar-refractivity contribution in [1.29, 1.82) is 0 Å². The molecule has 0 saturated carbocycles. The number of fused-ring (bicyclic) bond motifs is 1. The summed E-state index contributed by atoms with van der Waals surface area (Å²) >= 11 is 0. The number of aliphatic imine (C=N–C) groups is 1. The molecule has 0 amide bonds. The Morgan fingerprint density at radius 2 is 2.11 bits per heavy atom. The summed E-state index contributed by atoms with van der Waals surface area (Å²) in [6.07, 6.45) is 7.71. The van der Waals surface area contributed by atoms with Crippen LogP contribution in [0.1, 0.15) is 18.4 Å². The number of hydrogen-bond acceptors (Lipinski definition) is 6. The van der Waals surface area contributed by atoms with Gasteiger partial charge in [0.2, 0.25) is 0 Å². The fourth-order valence-corrected chi connectivity index (χ4v) is 3.54. The zero-order valence-electron chi connectivity index (χ0n) is 16.5. The Labute approximate surface area is 161 Å². The maximum absolute atomic E-state index is 5.74. The lowest BCUT2D eigenvalue weighted by atomic mass is 10.0. The second kappa shape index (κ2) is 8.97. The molecular formula is C21H30N6. The Balaban J connectivity index is 1.70. The van der Waals surface area contributed by atoms with E-state index in [1.807, 2.05) is 12.3 Å². The lowest BCUT2D eigenvalue weighted by Gasteiger charge is -2.35. The number of nitrogens with one attached hydrogen (secondary N) is 1. The number of pyridine rings is 1. The third kappa shape index (κ3) is 4.84. The molecular weight excluding hydrogens is 336 g/mol. The average molecular weight is 367 g/mol. The normalized spacial score (nSPS) is 17.3. The summed E-state index contributed by atoms with van der Waals surface area (Å²) in [5.74, 6) is 0.891. The molecule has 1 saturated heterocycles. The molecule has 0 aliphatic carbocycles. The maximum Gasteiger partial charge on any atom is 0.127 e. The molecule has 6 nitrogen and oxygen atoms in total. The highest BCUT2D eigenvalue weighted by Gasteiger charge is 2.20. The molecule has 0 spiro atoms. The molecule has 0 radical (unpaired) electrons. The van der Waals surface area contributed by atoms with E-state index < -0.39 is 0 Å². The van der Waals surface area contributed by atoms with Crippen LogP contribution >= 0.6 is 0 Å².